The molecule has 4 nitrogen and oxygen atoms in total. The number of aromatic nitrogens is 2. The minimum absolute atomic E-state index is 0.0345. The molecule has 9 aromatic carbocycles. The SMILES string of the molecule is CC1c2ccccc2C(c2ccccc2)c2c(C#N)c(CC(C)(C)C)c3c(c21)c1cc(C(C)(C)C)cc2c4cc5c(cc4n3c21)c1cc(C(C)(C)C)cc2c3c4c(c(C#N)c(CC(C)(C)C)c3n5c12)C(c1ccccc1)c1ccccc1C4C. The molecule has 0 spiro atoms. The Balaban J connectivity index is 1.17. The minimum atomic E-state index is -0.172. The minimum Gasteiger partial charge on any atom is -0.308 e. The maximum atomic E-state index is 12.1. The van der Waals surface area contributed by atoms with Crippen LogP contribution in [-0.4, -0.2) is 8.80 Å². The molecule has 0 aliphatic heterocycles. The Morgan fingerprint density at radius 3 is 1.05 bits per heavy atom. The fraction of sp³-hybridized carbons (Fsp3) is 0.300. The molecule has 13 aromatic rings. The highest BCUT2D eigenvalue weighted by atomic mass is 14.9. The van der Waals surface area contributed by atoms with E-state index in [0.29, 0.717) is 0 Å². The highest BCUT2D eigenvalue weighted by Crippen LogP contribution is 2.58. The standard InChI is InChI=1S/C80H74N4/c1-43-49-29-21-23-31-51(49)67(45-25-17-15-18-26-45)69-61(41-81)59(39-77(3,4)5)75-71(65(43)69)57-35-47(79(9,10)11)33-55-53-38-64-54(37-63(53)83(75)73(55)57)56-34-48(80(12,13)14)36-58-72-66-44(2)50-30-22-24-32-52(50)68(46-27-19-16-20-28-46)70(66)62(42-82)60(40-78(6,7)8)76(72)84(64)74(56)58/h15-38,43-44,67-68H,39-40H2,1-14H3. The lowest BCUT2D eigenvalue weighted by atomic mass is 9.67. The van der Waals surface area contributed by atoms with Gasteiger partial charge in [0.05, 0.1) is 56.4 Å². The molecule has 0 N–H and O–H groups in total. The Bertz CT molecular complexity index is 4720. The van der Waals surface area contributed by atoms with E-state index in [1.807, 2.05) is 0 Å². The van der Waals surface area contributed by atoms with Gasteiger partial charge in [-0.15, -0.1) is 0 Å². The molecule has 4 aromatic heterocycles. The molecule has 0 amide bonds. The van der Waals surface area contributed by atoms with Crippen molar-refractivity contribution in [1.29, 1.82) is 10.5 Å². The van der Waals surface area contributed by atoms with Gasteiger partial charge in [-0.1, -0.05) is 206 Å². The van der Waals surface area contributed by atoms with Crippen LogP contribution in [-0.2, 0) is 23.7 Å². The molecular formula is C80H74N4. The summed E-state index contributed by atoms with van der Waals surface area (Å²) in [5.74, 6) is -0.139. The number of nitriles is 2. The summed E-state index contributed by atoms with van der Waals surface area (Å²) in [5, 5.41) is 34.1. The molecule has 4 atom stereocenters. The number of nitrogens with zero attached hydrogens (tertiary/aromatic N) is 4. The van der Waals surface area contributed by atoms with Crippen LogP contribution in [0.5, 0.6) is 0 Å². The van der Waals surface area contributed by atoms with Crippen LogP contribution in [0.4, 0.5) is 0 Å². The van der Waals surface area contributed by atoms with Crippen molar-refractivity contribution in [2.24, 2.45) is 10.8 Å². The van der Waals surface area contributed by atoms with E-state index in [4.69, 9.17) is 0 Å². The topological polar surface area (TPSA) is 56.4 Å². The second-order valence-electron chi connectivity index (χ2n) is 29.8. The monoisotopic (exact) mass is 1090 g/mol. The molecule has 2 aliphatic carbocycles. The first-order chi connectivity index (χ1) is 40.0. The smallest absolute Gasteiger partial charge is 0.0998 e. The van der Waals surface area contributed by atoms with Gasteiger partial charge in [0, 0.05) is 66.8 Å². The first kappa shape index (κ1) is 52.4. The quantitative estimate of drug-likeness (QED) is 0.176. The van der Waals surface area contributed by atoms with Gasteiger partial charge in [-0.2, -0.15) is 10.5 Å². The maximum Gasteiger partial charge on any atom is 0.0998 e. The van der Waals surface area contributed by atoms with E-state index in [9.17, 15) is 10.5 Å². The molecule has 0 bridgehead atoms. The Hall–Kier alpha value is -8.44. The summed E-state index contributed by atoms with van der Waals surface area (Å²) in [5.41, 5.74) is 25.6. The summed E-state index contributed by atoms with van der Waals surface area (Å²) in [4.78, 5) is 0. The van der Waals surface area contributed by atoms with E-state index in [-0.39, 0.29) is 45.3 Å². The second-order valence-corrected chi connectivity index (χ2v) is 29.8. The van der Waals surface area contributed by atoms with Crippen LogP contribution in [0.15, 0.2) is 146 Å². The number of benzene rings is 9. The van der Waals surface area contributed by atoms with Crippen molar-refractivity contribution < 1.29 is 0 Å². The molecule has 0 radical (unpaired) electrons. The maximum absolute atomic E-state index is 12.1. The largest absolute Gasteiger partial charge is 0.308 e. The van der Waals surface area contributed by atoms with E-state index >= 15 is 0 Å². The van der Waals surface area contributed by atoms with Crippen molar-refractivity contribution in [2.75, 3.05) is 0 Å². The van der Waals surface area contributed by atoms with Gasteiger partial charge in [-0.25, -0.2) is 0 Å². The van der Waals surface area contributed by atoms with Gasteiger partial charge in [0.15, 0.2) is 0 Å². The lowest BCUT2D eigenvalue weighted by molar-refractivity contribution is 0.411. The van der Waals surface area contributed by atoms with E-state index in [2.05, 4.69) is 263 Å². The first-order valence-electron chi connectivity index (χ1n) is 30.7. The van der Waals surface area contributed by atoms with Gasteiger partial charge in [0.25, 0.3) is 0 Å². The van der Waals surface area contributed by atoms with E-state index in [1.54, 1.807) is 0 Å². The lowest BCUT2D eigenvalue weighted by Gasteiger charge is -2.36. The van der Waals surface area contributed by atoms with Crippen LogP contribution >= 0.6 is 0 Å². The van der Waals surface area contributed by atoms with Gasteiger partial charge in [0.1, 0.15) is 0 Å². The Morgan fingerprint density at radius 2 is 0.714 bits per heavy atom. The number of hydrogen-bond donors (Lipinski definition) is 0. The van der Waals surface area contributed by atoms with Crippen molar-refractivity contribution >= 4 is 76.2 Å². The van der Waals surface area contributed by atoms with E-state index < -0.39 is 0 Å². The normalized spacial score (nSPS) is 17.5. The van der Waals surface area contributed by atoms with Crippen LogP contribution in [0.2, 0.25) is 0 Å². The molecule has 0 saturated heterocycles. The highest BCUT2D eigenvalue weighted by molar-refractivity contribution is 6.30. The number of rotatable bonds is 4. The van der Waals surface area contributed by atoms with Gasteiger partial charge >= 0.3 is 0 Å². The molecule has 414 valence electrons. The van der Waals surface area contributed by atoms with Crippen LogP contribution in [0.25, 0.3) is 76.2 Å². The summed E-state index contributed by atoms with van der Waals surface area (Å²) in [6, 6.07) is 61.1. The zero-order valence-electron chi connectivity index (χ0n) is 51.4. The molecule has 2 aliphatic rings. The molecule has 15 rings (SSSR count). The molecule has 4 heterocycles. The van der Waals surface area contributed by atoms with Gasteiger partial charge in [0.2, 0.25) is 0 Å². The van der Waals surface area contributed by atoms with Crippen LogP contribution in [0.1, 0.15) is 210 Å². The zero-order valence-corrected chi connectivity index (χ0v) is 51.4. The average molecular weight is 1090 g/mol. The Morgan fingerprint density at radius 1 is 0.381 bits per heavy atom. The summed E-state index contributed by atoms with van der Waals surface area (Å²) in [6.07, 6.45) is 1.47. The van der Waals surface area contributed by atoms with Crippen molar-refractivity contribution in [3.05, 3.63) is 235 Å². The summed E-state index contributed by atoms with van der Waals surface area (Å²) >= 11 is 0. The highest BCUT2D eigenvalue weighted by Gasteiger charge is 2.42. The van der Waals surface area contributed by atoms with Crippen LogP contribution in [0, 0.1) is 33.5 Å². The molecule has 4 unspecified atom stereocenters. The Labute approximate surface area is 494 Å². The third-order valence-electron chi connectivity index (χ3n) is 19.8. The summed E-state index contributed by atoms with van der Waals surface area (Å²) < 4.78 is 5.26. The van der Waals surface area contributed by atoms with Crippen LogP contribution in [0.3, 0.4) is 0 Å². The van der Waals surface area contributed by atoms with E-state index in [0.717, 1.165) is 35.1 Å². The fourth-order valence-corrected chi connectivity index (χ4v) is 16.3. The number of hydrogen-bond acceptors (Lipinski definition) is 2. The van der Waals surface area contributed by atoms with Crippen molar-refractivity contribution in [1.82, 2.24) is 8.80 Å². The van der Waals surface area contributed by atoms with Crippen molar-refractivity contribution in [2.45, 2.75) is 144 Å². The van der Waals surface area contributed by atoms with Crippen LogP contribution < -0.4 is 0 Å². The first-order valence-corrected chi connectivity index (χ1v) is 30.7. The van der Waals surface area contributed by atoms with Gasteiger partial charge in [-0.3, -0.25) is 0 Å². The van der Waals surface area contributed by atoms with Gasteiger partial charge < -0.3 is 8.80 Å². The molecular weight excluding hydrogens is 1020 g/mol. The lowest BCUT2D eigenvalue weighted by Crippen LogP contribution is -2.22. The molecule has 0 fully saturated rings. The van der Waals surface area contributed by atoms with E-state index in [1.165, 1.54) is 143 Å². The predicted molar refractivity (Wildman–Crippen MR) is 352 cm³/mol. The number of fused-ring (bicyclic) bond motifs is 18. The van der Waals surface area contributed by atoms with Gasteiger partial charge in [-0.05, 0) is 149 Å². The third-order valence-corrected chi connectivity index (χ3v) is 19.8. The molecule has 0 saturated carbocycles. The molecule has 84 heavy (non-hydrogen) atoms. The average Bonchev–Trinajstić information content (AvgIpc) is 1.48. The molecule has 4 heteroatoms. The van der Waals surface area contributed by atoms with Crippen molar-refractivity contribution in [3.63, 3.8) is 0 Å². The fourth-order valence-electron chi connectivity index (χ4n) is 16.3. The van der Waals surface area contributed by atoms with Crippen molar-refractivity contribution in [3.8, 4) is 12.1 Å². The summed E-state index contributed by atoms with van der Waals surface area (Å²) in [6.45, 7) is 32.9. The third kappa shape index (κ3) is 7.22. The second kappa shape index (κ2) is 17.6. The predicted octanol–water partition coefficient (Wildman–Crippen LogP) is 20.8. The zero-order chi connectivity index (χ0) is 58.6. The Kier molecular flexibility index (Phi) is 11.0. The summed E-state index contributed by atoms with van der Waals surface area (Å²) in [7, 11) is 0.